The van der Waals surface area contributed by atoms with Crippen molar-refractivity contribution in [3.8, 4) is 0 Å². The predicted octanol–water partition coefficient (Wildman–Crippen LogP) is 3.02. The van der Waals surface area contributed by atoms with E-state index in [0.29, 0.717) is 5.92 Å². The molecule has 22 heavy (non-hydrogen) atoms. The number of hydrogen-bond donors (Lipinski definition) is 2. The lowest BCUT2D eigenvalue weighted by Gasteiger charge is -2.28. The molecule has 0 aromatic carbocycles. The first kappa shape index (κ1) is 16.6. The smallest absolute Gasteiger partial charge is 0.211 e. The standard InChI is InChI=1S/C15H18N4OS.ClH/c1-8-3-4-13(21-8)11-7-12-10(5-6-20-12)14(9(11)2)18-19-15(16)17;/h3-6,9,11H,7H2,1-2H3,(H4,16,17,19);1H/b18-14-;. The van der Waals surface area contributed by atoms with Gasteiger partial charge in [0.15, 0.2) is 0 Å². The number of halogens is 1. The second kappa shape index (κ2) is 6.54. The van der Waals surface area contributed by atoms with Gasteiger partial charge in [0.05, 0.1) is 12.0 Å². The van der Waals surface area contributed by atoms with Crippen LogP contribution in [0.3, 0.4) is 0 Å². The average Bonchev–Trinajstić information content (AvgIpc) is 3.05. The van der Waals surface area contributed by atoms with Crippen LogP contribution in [0.25, 0.3) is 0 Å². The van der Waals surface area contributed by atoms with Crippen LogP contribution in [-0.4, -0.2) is 11.7 Å². The predicted molar refractivity (Wildman–Crippen MR) is 93.0 cm³/mol. The summed E-state index contributed by atoms with van der Waals surface area (Å²) in [5.41, 5.74) is 12.7. The Labute approximate surface area is 139 Å². The quantitative estimate of drug-likeness (QED) is 0.501. The van der Waals surface area contributed by atoms with E-state index < -0.39 is 0 Å². The van der Waals surface area contributed by atoms with Crippen LogP contribution < -0.4 is 11.5 Å². The van der Waals surface area contributed by atoms with E-state index in [2.05, 4.69) is 36.2 Å². The minimum atomic E-state index is -0.0335. The Morgan fingerprint density at radius 2 is 2.09 bits per heavy atom. The number of rotatable bonds is 2. The fourth-order valence-corrected chi connectivity index (χ4v) is 3.88. The molecule has 3 rings (SSSR count). The molecule has 2 unspecified atom stereocenters. The van der Waals surface area contributed by atoms with Crippen LogP contribution in [0.5, 0.6) is 0 Å². The normalized spacial score (nSPS) is 22.0. The van der Waals surface area contributed by atoms with Gasteiger partial charge in [0, 0.05) is 33.6 Å². The van der Waals surface area contributed by atoms with Crippen molar-refractivity contribution in [1.29, 1.82) is 0 Å². The van der Waals surface area contributed by atoms with Crippen molar-refractivity contribution in [3.05, 3.63) is 45.5 Å². The van der Waals surface area contributed by atoms with Crippen LogP contribution in [0.2, 0.25) is 0 Å². The van der Waals surface area contributed by atoms with Crippen molar-refractivity contribution in [2.24, 2.45) is 27.6 Å². The number of nitrogens with zero attached hydrogens (tertiary/aromatic N) is 2. The largest absolute Gasteiger partial charge is 0.469 e. The number of furan rings is 1. The molecule has 4 N–H and O–H groups in total. The van der Waals surface area contributed by atoms with Gasteiger partial charge in [-0.1, -0.05) is 6.92 Å². The number of hydrogen-bond acceptors (Lipinski definition) is 4. The second-order valence-electron chi connectivity index (χ2n) is 5.32. The van der Waals surface area contributed by atoms with Gasteiger partial charge in [0.2, 0.25) is 5.96 Å². The summed E-state index contributed by atoms with van der Waals surface area (Å²) in [6, 6.07) is 6.27. The van der Waals surface area contributed by atoms with E-state index in [1.165, 1.54) is 9.75 Å². The summed E-state index contributed by atoms with van der Waals surface area (Å²) in [7, 11) is 0. The number of nitrogens with two attached hydrogens (primary N) is 2. The number of fused-ring (bicyclic) bond motifs is 1. The molecule has 0 saturated carbocycles. The van der Waals surface area contributed by atoms with E-state index >= 15 is 0 Å². The lowest BCUT2D eigenvalue weighted by Crippen LogP contribution is -2.28. The van der Waals surface area contributed by atoms with E-state index in [1.54, 1.807) is 6.26 Å². The van der Waals surface area contributed by atoms with Gasteiger partial charge in [0.25, 0.3) is 0 Å². The van der Waals surface area contributed by atoms with E-state index in [0.717, 1.165) is 23.5 Å². The maximum atomic E-state index is 5.61. The van der Waals surface area contributed by atoms with Gasteiger partial charge in [-0.15, -0.1) is 28.8 Å². The Morgan fingerprint density at radius 1 is 1.32 bits per heavy atom. The average molecular weight is 339 g/mol. The maximum absolute atomic E-state index is 5.61. The van der Waals surface area contributed by atoms with Crippen molar-refractivity contribution in [3.63, 3.8) is 0 Å². The molecule has 1 aliphatic rings. The monoisotopic (exact) mass is 338 g/mol. The van der Waals surface area contributed by atoms with Crippen molar-refractivity contribution >= 4 is 35.4 Å². The summed E-state index contributed by atoms with van der Waals surface area (Å²) in [5.74, 6) is 1.49. The zero-order valence-electron chi connectivity index (χ0n) is 12.4. The SMILES string of the molecule is Cc1ccc(C2Cc3occc3/C(=N\N=C(N)N)C2C)s1.Cl. The minimum Gasteiger partial charge on any atom is -0.469 e. The molecule has 2 aromatic rings. The van der Waals surface area contributed by atoms with Crippen LogP contribution in [0.4, 0.5) is 0 Å². The fourth-order valence-electron chi connectivity index (χ4n) is 2.80. The molecule has 0 aliphatic heterocycles. The molecule has 2 atom stereocenters. The van der Waals surface area contributed by atoms with E-state index in [9.17, 15) is 0 Å². The lowest BCUT2D eigenvalue weighted by molar-refractivity contribution is 0.452. The molecular formula is C15H19ClN4OS. The summed E-state index contributed by atoms with van der Waals surface area (Å²) >= 11 is 1.82. The van der Waals surface area contributed by atoms with Crippen LogP contribution in [0.15, 0.2) is 39.1 Å². The maximum Gasteiger partial charge on any atom is 0.211 e. The highest BCUT2D eigenvalue weighted by Gasteiger charge is 2.34. The van der Waals surface area contributed by atoms with Gasteiger partial charge in [-0.3, -0.25) is 0 Å². The highest BCUT2D eigenvalue weighted by molar-refractivity contribution is 7.12. The van der Waals surface area contributed by atoms with E-state index in [4.69, 9.17) is 15.9 Å². The molecule has 0 bridgehead atoms. The summed E-state index contributed by atoms with van der Waals surface area (Å²) in [4.78, 5) is 2.66. The third-order valence-corrected chi connectivity index (χ3v) is 4.99. The lowest BCUT2D eigenvalue weighted by atomic mass is 9.77. The van der Waals surface area contributed by atoms with Gasteiger partial charge < -0.3 is 15.9 Å². The molecule has 0 saturated heterocycles. The van der Waals surface area contributed by atoms with Crippen LogP contribution in [0.1, 0.15) is 33.9 Å². The molecule has 7 heteroatoms. The van der Waals surface area contributed by atoms with E-state index in [-0.39, 0.29) is 24.3 Å². The Morgan fingerprint density at radius 3 is 2.73 bits per heavy atom. The number of guanidine groups is 1. The molecule has 1 aliphatic carbocycles. The first-order chi connectivity index (χ1) is 10.1. The zero-order valence-corrected chi connectivity index (χ0v) is 14.1. The molecule has 0 fully saturated rings. The van der Waals surface area contributed by atoms with Crippen molar-refractivity contribution in [1.82, 2.24) is 0 Å². The van der Waals surface area contributed by atoms with Gasteiger partial charge >= 0.3 is 0 Å². The van der Waals surface area contributed by atoms with Crippen molar-refractivity contribution < 1.29 is 4.42 Å². The molecule has 0 amide bonds. The first-order valence-electron chi connectivity index (χ1n) is 6.86. The third-order valence-electron chi connectivity index (χ3n) is 3.86. The molecule has 2 heterocycles. The summed E-state index contributed by atoms with van der Waals surface area (Å²) in [6.45, 7) is 4.28. The highest BCUT2D eigenvalue weighted by atomic mass is 35.5. The number of thiophene rings is 1. The van der Waals surface area contributed by atoms with Crippen LogP contribution in [-0.2, 0) is 6.42 Å². The molecular weight excluding hydrogens is 320 g/mol. The van der Waals surface area contributed by atoms with Gasteiger partial charge in [-0.2, -0.15) is 5.10 Å². The zero-order chi connectivity index (χ0) is 15.0. The molecule has 2 aromatic heterocycles. The third kappa shape index (κ3) is 3.03. The van der Waals surface area contributed by atoms with Crippen molar-refractivity contribution in [2.45, 2.75) is 26.2 Å². The highest BCUT2D eigenvalue weighted by Crippen LogP contribution is 2.40. The Kier molecular flexibility index (Phi) is 4.93. The minimum absolute atomic E-state index is 0. The number of aryl methyl sites for hydroxylation is 1. The van der Waals surface area contributed by atoms with Gasteiger partial charge in [0.1, 0.15) is 5.76 Å². The Balaban J connectivity index is 0.00000176. The molecule has 5 nitrogen and oxygen atoms in total. The summed E-state index contributed by atoms with van der Waals surface area (Å²) in [6.07, 6.45) is 2.58. The van der Waals surface area contributed by atoms with Gasteiger partial charge in [-0.25, -0.2) is 0 Å². The molecule has 118 valence electrons. The topological polar surface area (TPSA) is 89.9 Å². The van der Waals surface area contributed by atoms with Crippen LogP contribution in [0, 0.1) is 12.8 Å². The second-order valence-corrected chi connectivity index (χ2v) is 6.63. The molecule has 0 spiro atoms. The van der Waals surface area contributed by atoms with Crippen LogP contribution >= 0.6 is 23.7 Å². The fraction of sp³-hybridized carbons (Fsp3) is 0.333. The summed E-state index contributed by atoms with van der Waals surface area (Å²) < 4.78 is 5.61. The molecule has 0 radical (unpaired) electrons. The summed E-state index contributed by atoms with van der Waals surface area (Å²) in [5, 5.41) is 8.09. The van der Waals surface area contributed by atoms with Crippen molar-refractivity contribution in [2.75, 3.05) is 0 Å². The van der Waals surface area contributed by atoms with Gasteiger partial charge in [-0.05, 0) is 25.1 Å². The Hall–Kier alpha value is -1.79. The first-order valence-corrected chi connectivity index (χ1v) is 7.67. The van der Waals surface area contributed by atoms with E-state index in [1.807, 2.05) is 17.4 Å². The Bertz CT molecular complexity index is 715.